The first-order valence-electron chi connectivity index (χ1n) is 9.46. The van der Waals surface area contributed by atoms with Crippen molar-refractivity contribution in [2.24, 2.45) is 0 Å². The summed E-state index contributed by atoms with van der Waals surface area (Å²) in [5.41, 5.74) is 2.28. The van der Waals surface area contributed by atoms with Gasteiger partial charge in [0.15, 0.2) is 0 Å². The van der Waals surface area contributed by atoms with Crippen molar-refractivity contribution in [3.63, 3.8) is 0 Å². The fraction of sp³-hybridized carbons (Fsp3) is 0.333. The minimum Gasteiger partial charge on any atom is -0.435 e. The topological polar surface area (TPSA) is 76.4 Å². The van der Waals surface area contributed by atoms with E-state index in [0.717, 1.165) is 29.7 Å². The molecule has 3 aromatic rings. The Balaban J connectivity index is 1.38. The maximum atomic E-state index is 12.5. The number of para-hydroxylation sites is 2. The molecule has 2 aromatic carbocycles. The van der Waals surface area contributed by atoms with Crippen LogP contribution in [0.4, 0.5) is 8.78 Å². The van der Waals surface area contributed by atoms with E-state index in [4.69, 9.17) is 0 Å². The number of amides is 1. The minimum atomic E-state index is -2.90. The number of fused-ring (bicyclic) bond motifs is 1. The molecule has 1 heterocycles. The molecule has 29 heavy (non-hydrogen) atoms. The lowest BCUT2D eigenvalue weighted by Crippen LogP contribution is -2.31. The summed E-state index contributed by atoms with van der Waals surface area (Å²) >= 11 is 0. The first-order chi connectivity index (χ1) is 14.0. The Morgan fingerprint density at radius 3 is 2.62 bits per heavy atom. The molecule has 0 radical (unpaired) electrons. The maximum absolute atomic E-state index is 12.5. The van der Waals surface area contributed by atoms with Gasteiger partial charge in [-0.3, -0.25) is 4.79 Å². The summed E-state index contributed by atoms with van der Waals surface area (Å²) in [4.78, 5) is 17.2. The van der Waals surface area contributed by atoms with Crippen LogP contribution in [0.15, 0.2) is 48.5 Å². The maximum Gasteiger partial charge on any atom is 0.387 e. The minimum absolute atomic E-state index is 0.0132. The highest BCUT2D eigenvalue weighted by Gasteiger charge is 2.30. The normalized spacial score (nSPS) is 14.9. The van der Waals surface area contributed by atoms with Gasteiger partial charge >= 0.3 is 6.61 Å². The summed E-state index contributed by atoms with van der Waals surface area (Å²) < 4.78 is 30.6. The smallest absolute Gasteiger partial charge is 0.387 e. The van der Waals surface area contributed by atoms with E-state index >= 15 is 0 Å². The van der Waals surface area contributed by atoms with Crippen LogP contribution in [0.1, 0.15) is 36.3 Å². The number of hydrogen-bond acceptors (Lipinski definition) is 4. The molecule has 1 amide bonds. The molecular weight excluding hydrogens is 380 g/mol. The van der Waals surface area contributed by atoms with Crippen molar-refractivity contribution in [3.05, 3.63) is 59.9 Å². The van der Waals surface area contributed by atoms with Gasteiger partial charge in [-0.15, -0.1) is 0 Å². The molecule has 1 aliphatic carbocycles. The summed E-state index contributed by atoms with van der Waals surface area (Å²) in [6, 6.07) is 13.4. The number of halogens is 2. The average molecular weight is 401 g/mol. The predicted molar refractivity (Wildman–Crippen MR) is 103 cm³/mol. The molecule has 1 unspecified atom stereocenters. The standard InChI is InChI=1S/C21H21F2N3O3/c22-21(23)29-15-9-7-13(8-10-15)18(27)11-24-19(28)12-26-17-4-2-1-3-16(17)25-20(26)14-5-6-14/h1-4,7-10,14,18,21,27H,5-6,11-12H2,(H,24,28). The highest BCUT2D eigenvalue weighted by molar-refractivity contribution is 5.81. The van der Waals surface area contributed by atoms with Crippen molar-refractivity contribution in [1.82, 2.24) is 14.9 Å². The van der Waals surface area contributed by atoms with E-state index in [1.165, 1.54) is 24.3 Å². The predicted octanol–water partition coefficient (Wildman–Crippen LogP) is 3.36. The van der Waals surface area contributed by atoms with Gasteiger partial charge in [0.25, 0.3) is 0 Å². The fourth-order valence-corrected chi connectivity index (χ4v) is 3.31. The summed E-state index contributed by atoms with van der Waals surface area (Å²) in [6.07, 6.45) is 1.20. The molecule has 1 aromatic heterocycles. The van der Waals surface area contributed by atoms with Crippen LogP contribution in [0.25, 0.3) is 11.0 Å². The number of ether oxygens (including phenoxy) is 1. The number of aromatic nitrogens is 2. The molecule has 1 saturated carbocycles. The lowest BCUT2D eigenvalue weighted by molar-refractivity contribution is -0.122. The highest BCUT2D eigenvalue weighted by Crippen LogP contribution is 2.40. The van der Waals surface area contributed by atoms with Gasteiger partial charge in [0.05, 0.1) is 17.1 Å². The van der Waals surface area contributed by atoms with Crippen molar-refractivity contribution < 1.29 is 23.4 Å². The number of rotatable bonds is 8. The Kier molecular flexibility index (Phi) is 5.44. The molecular formula is C21H21F2N3O3. The van der Waals surface area contributed by atoms with Crippen molar-refractivity contribution >= 4 is 16.9 Å². The molecule has 152 valence electrons. The zero-order chi connectivity index (χ0) is 20.4. The SMILES string of the molecule is O=C(Cn1c(C2CC2)nc2ccccc21)NCC(O)c1ccc(OC(F)F)cc1. The number of alkyl halides is 2. The number of benzene rings is 2. The van der Waals surface area contributed by atoms with E-state index in [-0.39, 0.29) is 24.7 Å². The Bertz CT molecular complexity index is 1000. The fourth-order valence-electron chi connectivity index (χ4n) is 3.31. The number of imidazole rings is 1. The molecule has 1 fully saturated rings. The first kappa shape index (κ1) is 19.3. The number of nitrogens with zero attached hydrogens (tertiary/aromatic N) is 2. The molecule has 0 aliphatic heterocycles. The first-order valence-corrected chi connectivity index (χ1v) is 9.46. The van der Waals surface area contributed by atoms with Crippen molar-refractivity contribution in [2.45, 2.75) is 38.0 Å². The van der Waals surface area contributed by atoms with E-state index in [0.29, 0.717) is 11.5 Å². The van der Waals surface area contributed by atoms with Crippen LogP contribution in [-0.4, -0.2) is 33.7 Å². The Hall–Kier alpha value is -3.00. The number of hydrogen-bond donors (Lipinski definition) is 2. The second-order valence-corrected chi connectivity index (χ2v) is 7.09. The van der Waals surface area contributed by atoms with E-state index < -0.39 is 12.7 Å². The van der Waals surface area contributed by atoms with E-state index in [9.17, 15) is 18.7 Å². The van der Waals surface area contributed by atoms with E-state index in [1.54, 1.807) is 0 Å². The van der Waals surface area contributed by atoms with Gasteiger partial charge < -0.3 is 19.7 Å². The van der Waals surface area contributed by atoms with Crippen LogP contribution < -0.4 is 10.1 Å². The number of carbonyl (C=O) groups excluding carboxylic acids is 1. The van der Waals surface area contributed by atoms with Crippen molar-refractivity contribution in [2.75, 3.05) is 6.54 Å². The highest BCUT2D eigenvalue weighted by atomic mass is 19.3. The molecule has 0 saturated heterocycles. The number of aliphatic hydroxyl groups excluding tert-OH is 1. The number of nitrogens with one attached hydrogen (secondary N) is 1. The molecule has 0 spiro atoms. The molecule has 2 N–H and O–H groups in total. The Morgan fingerprint density at radius 1 is 1.21 bits per heavy atom. The van der Waals surface area contributed by atoms with E-state index in [1.807, 2.05) is 28.8 Å². The molecule has 8 heteroatoms. The third kappa shape index (κ3) is 4.54. The van der Waals surface area contributed by atoms with Crippen LogP contribution in [0.5, 0.6) is 5.75 Å². The quantitative estimate of drug-likeness (QED) is 0.607. The zero-order valence-corrected chi connectivity index (χ0v) is 15.6. The van der Waals surface area contributed by atoms with Crippen LogP contribution in [0, 0.1) is 0 Å². The monoisotopic (exact) mass is 401 g/mol. The summed E-state index contributed by atoms with van der Waals surface area (Å²) in [6.45, 7) is -2.76. The second-order valence-electron chi connectivity index (χ2n) is 7.09. The van der Waals surface area contributed by atoms with Gasteiger partial charge in [-0.25, -0.2) is 4.98 Å². The lowest BCUT2D eigenvalue weighted by Gasteiger charge is -2.14. The number of carbonyl (C=O) groups is 1. The average Bonchev–Trinajstić information content (AvgIpc) is 3.49. The van der Waals surface area contributed by atoms with Gasteiger partial charge in [0, 0.05) is 12.5 Å². The van der Waals surface area contributed by atoms with Crippen molar-refractivity contribution in [1.29, 1.82) is 0 Å². The Labute approximate surface area is 166 Å². The van der Waals surface area contributed by atoms with Gasteiger partial charge in [-0.2, -0.15) is 8.78 Å². The van der Waals surface area contributed by atoms with Gasteiger partial charge in [-0.1, -0.05) is 24.3 Å². The zero-order valence-electron chi connectivity index (χ0n) is 15.6. The molecule has 4 rings (SSSR count). The summed E-state index contributed by atoms with van der Waals surface area (Å²) in [7, 11) is 0. The Morgan fingerprint density at radius 2 is 1.93 bits per heavy atom. The molecule has 0 bridgehead atoms. The largest absolute Gasteiger partial charge is 0.435 e. The molecule has 1 atom stereocenters. The van der Waals surface area contributed by atoms with Crippen LogP contribution >= 0.6 is 0 Å². The van der Waals surface area contributed by atoms with Crippen LogP contribution in [0.2, 0.25) is 0 Å². The van der Waals surface area contributed by atoms with Crippen molar-refractivity contribution in [3.8, 4) is 5.75 Å². The van der Waals surface area contributed by atoms with E-state index in [2.05, 4.69) is 15.0 Å². The molecule has 6 nitrogen and oxygen atoms in total. The third-order valence-corrected chi connectivity index (χ3v) is 4.91. The summed E-state index contributed by atoms with van der Waals surface area (Å²) in [5.74, 6) is 1.11. The van der Waals surface area contributed by atoms with Crippen LogP contribution in [-0.2, 0) is 11.3 Å². The summed E-state index contributed by atoms with van der Waals surface area (Å²) in [5, 5.41) is 13.0. The molecule has 1 aliphatic rings. The van der Waals surface area contributed by atoms with Gasteiger partial charge in [0.1, 0.15) is 18.1 Å². The third-order valence-electron chi connectivity index (χ3n) is 4.91. The van der Waals surface area contributed by atoms with Gasteiger partial charge in [-0.05, 0) is 42.7 Å². The second kappa shape index (κ2) is 8.16. The lowest BCUT2D eigenvalue weighted by atomic mass is 10.1. The number of aliphatic hydroxyl groups is 1. The van der Waals surface area contributed by atoms with Crippen LogP contribution in [0.3, 0.4) is 0 Å². The van der Waals surface area contributed by atoms with Gasteiger partial charge in [0.2, 0.25) is 5.91 Å².